The van der Waals surface area contributed by atoms with E-state index < -0.39 is 10.0 Å². The summed E-state index contributed by atoms with van der Waals surface area (Å²) < 4.78 is 34.8. The first-order chi connectivity index (χ1) is 17.3. The van der Waals surface area contributed by atoms with Crippen LogP contribution in [0.5, 0.6) is 5.75 Å². The van der Waals surface area contributed by atoms with Crippen molar-refractivity contribution in [3.05, 3.63) is 65.6 Å². The molecule has 0 atom stereocenters. The third-order valence-electron chi connectivity index (χ3n) is 6.26. The molecule has 4 aromatic rings. The van der Waals surface area contributed by atoms with E-state index in [1.807, 2.05) is 38.1 Å². The Balaban J connectivity index is 1.45. The Morgan fingerprint density at radius 2 is 1.67 bits per heavy atom. The second kappa shape index (κ2) is 9.68. The fourth-order valence-electron chi connectivity index (χ4n) is 4.25. The number of rotatable bonds is 6. The molecule has 0 spiro atoms. The van der Waals surface area contributed by atoms with Gasteiger partial charge in [0.1, 0.15) is 17.4 Å². The number of aromatic nitrogens is 4. The van der Waals surface area contributed by atoms with E-state index in [0.717, 1.165) is 16.9 Å². The Morgan fingerprint density at radius 1 is 0.972 bits per heavy atom. The molecule has 1 aliphatic rings. The maximum Gasteiger partial charge on any atom is 0.243 e. The molecule has 0 aliphatic carbocycles. The monoisotopic (exact) mass is 526 g/mol. The van der Waals surface area contributed by atoms with E-state index >= 15 is 0 Å². The summed E-state index contributed by atoms with van der Waals surface area (Å²) >= 11 is 6.45. The smallest absolute Gasteiger partial charge is 0.243 e. The SMILES string of the molecule is COc1ccc(S(=O)(=O)N2CCN(c3nc(C(C)C)nc4c3cnn4-c3ccccc3Cl)CC2)cc1. The van der Waals surface area contributed by atoms with Crippen LogP contribution in [0.15, 0.2) is 59.6 Å². The number of hydrogen-bond acceptors (Lipinski definition) is 7. The molecule has 0 saturated carbocycles. The summed E-state index contributed by atoms with van der Waals surface area (Å²) in [7, 11) is -2.05. The van der Waals surface area contributed by atoms with Gasteiger partial charge in [-0.25, -0.2) is 23.1 Å². The Bertz CT molecular complexity index is 1500. The minimum absolute atomic E-state index is 0.0967. The zero-order valence-electron chi connectivity index (χ0n) is 20.3. The average molecular weight is 527 g/mol. The van der Waals surface area contributed by atoms with Crippen molar-refractivity contribution in [2.75, 3.05) is 38.2 Å². The van der Waals surface area contributed by atoms with Crippen LogP contribution < -0.4 is 9.64 Å². The number of sulfonamides is 1. The summed E-state index contributed by atoms with van der Waals surface area (Å²) in [6.45, 7) is 5.76. The predicted octanol–water partition coefficient (Wildman–Crippen LogP) is 4.11. The van der Waals surface area contributed by atoms with Gasteiger partial charge in [0.15, 0.2) is 5.65 Å². The molecule has 0 unspecified atom stereocenters. The number of anilines is 1. The molecule has 1 saturated heterocycles. The third-order valence-corrected chi connectivity index (χ3v) is 8.49. The summed E-state index contributed by atoms with van der Waals surface area (Å²) in [5.41, 5.74) is 1.41. The first-order valence-electron chi connectivity index (χ1n) is 11.7. The summed E-state index contributed by atoms with van der Waals surface area (Å²) in [6, 6.07) is 14.0. The molecule has 1 aliphatic heterocycles. The lowest BCUT2D eigenvalue weighted by Gasteiger charge is -2.35. The van der Waals surface area contributed by atoms with Crippen molar-refractivity contribution in [1.29, 1.82) is 0 Å². The second-order valence-electron chi connectivity index (χ2n) is 8.87. The number of benzene rings is 2. The summed E-state index contributed by atoms with van der Waals surface area (Å²) in [5, 5.41) is 5.95. The van der Waals surface area contributed by atoms with Crippen LogP contribution in [0.25, 0.3) is 16.7 Å². The molecule has 3 heterocycles. The standard InChI is InChI=1S/C25H27ClN6O3S/c1-17(2)23-28-24(20-16-27-32(25(20)29-23)22-7-5-4-6-21(22)26)30-12-14-31(15-13-30)36(33,34)19-10-8-18(35-3)9-11-19/h4-11,16-17H,12-15H2,1-3H3. The van der Waals surface area contributed by atoms with Gasteiger partial charge in [-0.2, -0.15) is 9.40 Å². The average Bonchev–Trinajstić information content (AvgIpc) is 3.32. The van der Waals surface area contributed by atoms with Gasteiger partial charge in [-0.3, -0.25) is 0 Å². The fourth-order valence-corrected chi connectivity index (χ4v) is 5.88. The molecular formula is C25H27ClN6O3S. The highest BCUT2D eigenvalue weighted by molar-refractivity contribution is 7.89. The molecule has 9 nitrogen and oxygen atoms in total. The van der Waals surface area contributed by atoms with Crippen LogP contribution in [0, 0.1) is 0 Å². The van der Waals surface area contributed by atoms with Gasteiger partial charge in [0.05, 0.1) is 34.3 Å². The molecular weight excluding hydrogens is 500 g/mol. The maximum atomic E-state index is 13.2. The van der Waals surface area contributed by atoms with E-state index in [9.17, 15) is 8.42 Å². The van der Waals surface area contributed by atoms with Gasteiger partial charge in [-0.1, -0.05) is 37.6 Å². The molecule has 1 fully saturated rings. The fraction of sp³-hybridized carbons (Fsp3) is 0.320. The predicted molar refractivity (Wildman–Crippen MR) is 140 cm³/mol. The van der Waals surface area contributed by atoms with Gasteiger partial charge in [0.25, 0.3) is 0 Å². The van der Waals surface area contributed by atoms with Gasteiger partial charge in [0.2, 0.25) is 10.0 Å². The van der Waals surface area contributed by atoms with Crippen molar-refractivity contribution < 1.29 is 13.2 Å². The van der Waals surface area contributed by atoms with Crippen LogP contribution in [-0.2, 0) is 10.0 Å². The van der Waals surface area contributed by atoms with Crippen molar-refractivity contribution >= 4 is 38.5 Å². The maximum absolute atomic E-state index is 13.2. The zero-order valence-corrected chi connectivity index (χ0v) is 21.9. The third kappa shape index (κ3) is 4.40. The van der Waals surface area contributed by atoms with Crippen molar-refractivity contribution in [3.8, 4) is 11.4 Å². The van der Waals surface area contributed by atoms with Gasteiger partial charge >= 0.3 is 0 Å². The van der Waals surface area contributed by atoms with Crippen LogP contribution in [0.2, 0.25) is 5.02 Å². The van der Waals surface area contributed by atoms with Crippen LogP contribution in [0.1, 0.15) is 25.6 Å². The lowest BCUT2D eigenvalue weighted by molar-refractivity contribution is 0.383. The van der Waals surface area contributed by atoms with E-state index in [1.165, 1.54) is 4.31 Å². The summed E-state index contributed by atoms with van der Waals surface area (Å²) in [5.74, 6) is 2.16. The van der Waals surface area contributed by atoms with E-state index in [1.54, 1.807) is 42.3 Å². The Kier molecular flexibility index (Phi) is 6.59. The molecule has 0 amide bonds. The minimum atomic E-state index is -3.61. The number of halogens is 1. The van der Waals surface area contributed by atoms with Crippen molar-refractivity contribution in [1.82, 2.24) is 24.1 Å². The molecule has 0 N–H and O–H groups in total. The lowest BCUT2D eigenvalue weighted by atomic mass is 10.2. The Morgan fingerprint density at radius 3 is 2.31 bits per heavy atom. The molecule has 188 valence electrons. The first-order valence-corrected chi connectivity index (χ1v) is 13.5. The normalized spacial score (nSPS) is 15.1. The number of ether oxygens (including phenoxy) is 1. The van der Waals surface area contributed by atoms with Crippen LogP contribution in [0.3, 0.4) is 0 Å². The largest absolute Gasteiger partial charge is 0.497 e. The minimum Gasteiger partial charge on any atom is -0.497 e. The number of nitrogens with zero attached hydrogens (tertiary/aromatic N) is 6. The summed E-state index contributed by atoms with van der Waals surface area (Å²) in [6.07, 6.45) is 1.75. The van der Waals surface area contributed by atoms with E-state index in [4.69, 9.17) is 26.3 Å². The van der Waals surface area contributed by atoms with Gasteiger partial charge in [0, 0.05) is 32.1 Å². The van der Waals surface area contributed by atoms with Gasteiger partial charge < -0.3 is 9.64 Å². The lowest BCUT2D eigenvalue weighted by Crippen LogP contribution is -2.49. The zero-order chi connectivity index (χ0) is 25.4. The molecule has 5 rings (SSSR count). The first kappa shape index (κ1) is 24.5. The quantitative estimate of drug-likeness (QED) is 0.373. The topological polar surface area (TPSA) is 93.5 Å². The Labute approximate surface area is 215 Å². The molecule has 0 bridgehead atoms. The molecule has 11 heteroatoms. The number of piperazine rings is 1. The van der Waals surface area contributed by atoms with E-state index in [-0.39, 0.29) is 10.8 Å². The van der Waals surface area contributed by atoms with Crippen molar-refractivity contribution in [3.63, 3.8) is 0 Å². The van der Waals surface area contributed by atoms with Gasteiger partial charge in [-0.15, -0.1) is 0 Å². The summed E-state index contributed by atoms with van der Waals surface area (Å²) in [4.78, 5) is 12.0. The van der Waals surface area contributed by atoms with E-state index in [2.05, 4.69) is 10.00 Å². The molecule has 2 aromatic heterocycles. The highest BCUT2D eigenvalue weighted by Gasteiger charge is 2.30. The van der Waals surface area contributed by atoms with Crippen LogP contribution >= 0.6 is 11.6 Å². The highest BCUT2D eigenvalue weighted by Crippen LogP contribution is 2.31. The number of fused-ring (bicyclic) bond motifs is 1. The highest BCUT2D eigenvalue weighted by atomic mass is 35.5. The van der Waals surface area contributed by atoms with Crippen LogP contribution in [0.4, 0.5) is 5.82 Å². The Hall–Kier alpha value is -3.21. The van der Waals surface area contributed by atoms with Gasteiger partial charge in [-0.05, 0) is 36.4 Å². The molecule has 36 heavy (non-hydrogen) atoms. The number of methoxy groups -OCH3 is 1. The van der Waals surface area contributed by atoms with Crippen LogP contribution in [-0.4, -0.2) is 65.8 Å². The number of para-hydroxylation sites is 1. The number of hydrogen-bond donors (Lipinski definition) is 0. The van der Waals surface area contributed by atoms with E-state index in [0.29, 0.717) is 48.4 Å². The molecule has 0 radical (unpaired) electrons. The molecule has 2 aromatic carbocycles. The van der Waals surface area contributed by atoms with Crippen molar-refractivity contribution in [2.24, 2.45) is 0 Å². The van der Waals surface area contributed by atoms with Crippen molar-refractivity contribution in [2.45, 2.75) is 24.7 Å². The second-order valence-corrected chi connectivity index (χ2v) is 11.2.